The van der Waals surface area contributed by atoms with Crippen molar-refractivity contribution < 1.29 is 8.83 Å². The van der Waals surface area contributed by atoms with E-state index in [1.807, 2.05) is 35.6 Å². The minimum Gasteiger partial charge on any atom is -0.425 e. The van der Waals surface area contributed by atoms with Crippen molar-refractivity contribution in [2.45, 2.75) is 0 Å². The molecule has 0 fully saturated rings. The second-order valence-corrected chi connectivity index (χ2v) is 10.7. The van der Waals surface area contributed by atoms with E-state index >= 15 is 0 Å². The highest BCUT2D eigenvalue weighted by atomic mass is 35.5. The lowest BCUT2D eigenvalue weighted by atomic mass is 10.1. The Morgan fingerprint density at radius 2 is 1.27 bits per heavy atom. The summed E-state index contributed by atoms with van der Waals surface area (Å²) in [6.07, 6.45) is 0. The molecule has 0 unspecified atom stereocenters. The normalized spacial score (nSPS) is 11.9. The molecule has 0 aliphatic carbocycles. The number of thiophene rings is 1. The van der Waals surface area contributed by atoms with Gasteiger partial charge in [0.15, 0.2) is 0 Å². The van der Waals surface area contributed by atoms with E-state index in [2.05, 4.69) is 89.8 Å². The SMILES string of the molecule is Clc1ccc2oc3oc4cc(N(c5ccccc5)c5ccc6c(c5)sc5ccccc56)ccc4c3c2c1. The van der Waals surface area contributed by atoms with Crippen molar-refractivity contribution in [1.82, 2.24) is 0 Å². The van der Waals surface area contributed by atoms with Crippen molar-refractivity contribution in [2.24, 2.45) is 0 Å². The van der Waals surface area contributed by atoms with Gasteiger partial charge in [-0.3, -0.25) is 0 Å². The molecule has 0 aliphatic heterocycles. The van der Waals surface area contributed by atoms with Crippen LogP contribution in [0.1, 0.15) is 0 Å². The third kappa shape index (κ3) is 3.20. The third-order valence-corrected chi connectivity index (χ3v) is 8.32. The molecular weight excluding hydrogens is 498 g/mol. The fraction of sp³-hybridized carbons (Fsp3) is 0. The molecule has 37 heavy (non-hydrogen) atoms. The molecule has 5 aromatic carbocycles. The van der Waals surface area contributed by atoms with Gasteiger partial charge in [0.25, 0.3) is 5.78 Å². The fourth-order valence-electron chi connectivity index (χ4n) is 5.29. The first-order chi connectivity index (χ1) is 18.2. The van der Waals surface area contributed by atoms with E-state index < -0.39 is 0 Å². The van der Waals surface area contributed by atoms with E-state index in [-0.39, 0.29) is 0 Å². The van der Waals surface area contributed by atoms with Crippen LogP contribution >= 0.6 is 22.9 Å². The van der Waals surface area contributed by atoms with Gasteiger partial charge in [-0.05, 0) is 60.7 Å². The lowest BCUT2D eigenvalue weighted by molar-refractivity contribution is 0.524. The van der Waals surface area contributed by atoms with Crippen molar-refractivity contribution in [3.05, 3.63) is 114 Å². The van der Waals surface area contributed by atoms with E-state index in [1.54, 1.807) is 0 Å². The van der Waals surface area contributed by atoms with Gasteiger partial charge in [0, 0.05) is 59.1 Å². The average molecular weight is 516 g/mol. The van der Waals surface area contributed by atoms with Gasteiger partial charge >= 0.3 is 0 Å². The third-order valence-electron chi connectivity index (χ3n) is 6.95. The molecule has 3 nitrogen and oxygen atoms in total. The Bertz CT molecular complexity index is 2120. The van der Waals surface area contributed by atoms with Crippen molar-refractivity contribution in [1.29, 1.82) is 0 Å². The van der Waals surface area contributed by atoms with Gasteiger partial charge in [0.2, 0.25) is 0 Å². The van der Waals surface area contributed by atoms with E-state index in [0.29, 0.717) is 10.8 Å². The lowest BCUT2D eigenvalue weighted by Crippen LogP contribution is -2.09. The quantitative estimate of drug-likeness (QED) is 0.234. The summed E-state index contributed by atoms with van der Waals surface area (Å²) in [4.78, 5) is 2.27. The minimum absolute atomic E-state index is 0.516. The van der Waals surface area contributed by atoms with Crippen LogP contribution in [0.5, 0.6) is 0 Å². The van der Waals surface area contributed by atoms with E-state index in [9.17, 15) is 0 Å². The summed E-state index contributed by atoms with van der Waals surface area (Å²) in [5.41, 5.74) is 4.73. The van der Waals surface area contributed by atoms with Crippen LogP contribution in [0.4, 0.5) is 17.1 Å². The number of anilines is 3. The molecule has 0 amide bonds. The van der Waals surface area contributed by atoms with Gasteiger partial charge in [-0.25, -0.2) is 0 Å². The smallest absolute Gasteiger partial charge is 0.299 e. The molecule has 8 rings (SSSR count). The number of rotatable bonds is 3. The highest BCUT2D eigenvalue weighted by Crippen LogP contribution is 2.43. The topological polar surface area (TPSA) is 29.5 Å². The van der Waals surface area contributed by atoms with Crippen LogP contribution in [0.25, 0.3) is 53.3 Å². The Kier molecular flexibility index (Phi) is 4.45. The number of hydrogen-bond donors (Lipinski definition) is 0. The minimum atomic E-state index is 0.516. The zero-order valence-electron chi connectivity index (χ0n) is 19.4. The molecule has 0 radical (unpaired) electrons. The van der Waals surface area contributed by atoms with Crippen molar-refractivity contribution in [3.63, 3.8) is 0 Å². The van der Waals surface area contributed by atoms with Gasteiger partial charge < -0.3 is 13.7 Å². The zero-order valence-corrected chi connectivity index (χ0v) is 21.0. The maximum Gasteiger partial charge on any atom is 0.299 e. The van der Waals surface area contributed by atoms with Crippen molar-refractivity contribution >= 4 is 93.3 Å². The van der Waals surface area contributed by atoms with Gasteiger partial charge in [-0.2, -0.15) is 0 Å². The number of para-hydroxylation sites is 1. The fourth-order valence-corrected chi connectivity index (χ4v) is 6.60. The first-order valence-corrected chi connectivity index (χ1v) is 13.2. The number of halogens is 1. The lowest BCUT2D eigenvalue weighted by Gasteiger charge is -2.25. The van der Waals surface area contributed by atoms with E-state index in [0.717, 1.165) is 44.4 Å². The van der Waals surface area contributed by atoms with Crippen molar-refractivity contribution in [2.75, 3.05) is 4.90 Å². The molecule has 0 aliphatic rings. The van der Waals surface area contributed by atoms with E-state index in [4.69, 9.17) is 20.4 Å². The van der Waals surface area contributed by atoms with E-state index in [1.165, 1.54) is 20.2 Å². The number of benzene rings is 5. The monoisotopic (exact) mass is 515 g/mol. The number of hydrogen-bond acceptors (Lipinski definition) is 4. The van der Waals surface area contributed by atoms with Gasteiger partial charge in [0.1, 0.15) is 11.2 Å². The van der Waals surface area contributed by atoms with Crippen LogP contribution < -0.4 is 4.90 Å². The second kappa shape index (κ2) is 7.87. The first kappa shape index (κ1) is 20.9. The molecule has 0 atom stereocenters. The summed E-state index contributed by atoms with van der Waals surface area (Å²) in [7, 11) is 0. The summed E-state index contributed by atoms with van der Waals surface area (Å²) in [6.45, 7) is 0. The predicted octanol–water partition coefficient (Wildman–Crippen LogP) is 10.8. The summed E-state index contributed by atoms with van der Waals surface area (Å²) in [6, 6.07) is 37.7. The first-order valence-electron chi connectivity index (χ1n) is 12.0. The van der Waals surface area contributed by atoms with Gasteiger partial charge in [0.05, 0.1) is 5.39 Å². The molecule has 3 aromatic heterocycles. The zero-order chi connectivity index (χ0) is 24.5. The Balaban J connectivity index is 1.33. The van der Waals surface area contributed by atoms with Crippen LogP contribution in [0, 0.1) is 0 Å². The standard InChI is InChI=1S/C32H18ClNO2S/c33-19-10-15-27-26(16-19)31-25-14-12-21(17-28(25)36-32(31)35-27)34(20-6-2-1-3-7-20)22-11-13-24-23-8-4-5-9-29(23)37-30(24)18-22/h1-18H. The molecular formula is C32H18ClNO2S. The summed E-state index contributed by atoms with van der Waals surface area (Å²) < 4.78 is 14.8. The maximum absolute atomic E-state index is 6.29. The van der Waals surface area contributed by atoms with Gasteiger partial charge in [-0.1, -0.05) is 54.1 Å². The van der Waals surface area contributed by atoms with Crippen LogP contribution in [0.2, 0.25) is 5.02 Å². The molecule has 5 heteroatoms. The second-order valence-electron chi connectivity index (χ2n) is 9.14. The van der Waals surface area contributed by atoms with Crippen LogP contribution in [0.3, 0.4) is 0 Å². The highest BCUT2D eigenvalue weighted by molar-refractivity contribution is 7.25. The Morgan fingerprint density at radius 1 is 0.541 bits per heavy atom. The average Bonchev–Trinajstić information content (AvgIpc) is 3.58. The molecule has 0 saturated heterocycles. The summed E-state index contributed by atoms with van der Waals surface area (Å²) in [5.74, 6) is 0.516. The number of fused-ring (bicyclic) bond motifs is 8. The number of furan rings is 2. The molecule has 0 saturated carbocycles. The molecule has 8 aromatic rings. The summed E-state index contributed by atoms with van der Waals surface area (Å²) >= 11 is 8.11. The predicted molar refractivity (Wildman–Crippen MR) is 156 cm³/mol. The molecule has 0 bridgehead atoms. The molecule has 0 spiro atoms. The highest BCUT2D eigenvalue weighted by Gasteiger charge is 2.19. The largest absolute Gasteiger partial charge is 0.425 e. The maximum atomic E-state index is 6.29. The van der Waals surface area contributed by atoms with Crippen LogP contribution in [-0.4, -0.2) is 0 Å². The number of nitrogens with zero attached hydrogens (tertiary/aromatic N) is 1. The Hall–Kier alpha value is -4.25. The van der Waals surface area contributed by atoms with Gasteiger partial charge in [-0.15, -0.1) is 11.3 Å². The summed E-state index contributed by atoms with van der Waals surface area (Å²) in [5, 5.41) is 6.18. The Labute approximate surface area is 220 Å². The molecule has 0 N–H and O–H groups in total. The van der Waals surface area contributed by atoms with Crippen molar-refractivity contribution in [3.8, 4) is 0 Å². The Morgan fingerprint density at radius 3 is 2.16 bits per heavy atom. The molecule has 3 heterocycles. The molecule has 176 valence electrons. The van der Waals surface area contributed by atoms with Crippen LogP contribution in [-0.2, 0) is 0 Å². The van der Waals surface area contributed by atoms with Crippen LogP contribution in [0.15, 0.2) is 118 Å².